The third kappa shape index (κ3) is 3.19. The Morgan fingerprint density at radius 3 is 2.88 bits per heavy atom. The third-order valence-electron chi connectivity index (χ3n) is 5.38. The fourth-order valence-electron chi connectivity index (χ4n) is 3.78. The lowest BCUT2D eigenvalue weighted by Gasteiger charge is -2.33. The van der Waals surface area contributed by atoms with Crippen LogP contribution in [0.3, 0.4) is 0 Å². The van der Waals surface area contributed by atoms with Crippen LogP contribution in [0.1, 0.15) is 43.2 Å². The van der Waals surface area contributed by atoms with E-state index in [0.29, 0.717) is 17.5 Å². The van der Waals surface area contributed by atoms with E-state index in [4.69, 9.17) is 11.6 Å². The van der Waals surface area contributed by atoms with Gasteiger partial charge in [-0.1, -0.05) is 49.7 Å². The van der Waals surface area contributed by atoms with Crippen molar-refractivity contribution >= 4 is 33.2 Å². The summed E-state index contributed by atoms with van der Waals surface area (Å²) in [6.45, 7) is 7.28. The van der Waals surface area contributed by atoms with Crippen LogP contribution in [0, 0.1) is 11.3 Å². The van der Waals surface area contributed by atoms with E-state index in [0.717, 1.165) is 35.0 Å². The van der Waals surface area contributed by atoms with E-state index in [2.05, 4.69) is 31.1 Å². The van der Waals surface area contributed by atoms with Crippen molar-refractivity contribution in [3.63, 3.8) is 0 Å². The first-order chi connectivity index (χ1) is 12.3. The number of thiophene rings is 1. The molecule has 0 aliphatic heterocycles. The van der Waals surface area contributed by atoms with Gasteiger partial charge >= 0.3 is 0 Å². The van der Waals surface area contributed by atoms with E-state index >= 15 is 0 Å². The Bertz CT molecular complexity index is 1030. The number of aromatic nitrogens is 3. The Labute approximate surface area is 161 Å². The van der Waals surface area contributed by atoms with Crippen LogP contribution in [0.25, 0.3) is 10.2 Å². The molecule has 4 rings (SSSR count). The molecular weight excluding hydrogens is 366 g/mol. The van der Waals surface area contributed by atoms with Crippen molar-refractivity contribution in [2.45, 2.75) is 46.6 Å². The van der Waals surface area contributed by atoms with Crippen LogP contribution < -0.4 is 5.56 Å². The van der Waals surface area contributed by atoms with Crippen LogP contribution >= 0.6 is 22.9 Å². The smallest absolute Gasteiger partial charge is 0.267 e. The summed E-state index contributed by atoms with van der Waals surface area (Å²) < 4.78 is 1.46. The van der Waals surface area contributed by atoms with E-state index < -0.39 is 0 Å². The molecule has 0 N–H and O–H groups in total. The predicted molar refractivity (Wildman–Crippen MR) is 107 cm³/mol. The van der Waals surface area contributed by atoms with Crippen LogP contribution in [0.2, 0.25) is 5.02 Å². The van der Waals surface area contributed by atoms with Gasteiger partial charge in [-0.2, -0.15) is 0 Å². The van der Waals surface area contributed by atoms with E-state index in [1.807, 2.05) is 24.3 Å². The first-order valence-corrected chi connectivity index (χ1v) is 10.1. The highest BCUT2D eigenvalue weighted by Crippen LogP contribution is 2.41. The van der Waals surface area contributed by atoms with Gasteiger partial charge < -0.3 is 0 Å². The summed E-state index contributed by atoms with van der Waals surface area (Å²) in [4.78, 5) is 15.2. The molecule has 1 aliphatic carbocycles. The molecule has 1 aliphatic rings. The molecule has 1 aromatic carbocycles. The van der Waals surface area contributed by atoms with Crippen molar-refractivity contribution in [3.05, 3.63) is 55.6 Å². The number of aryl methyl sites for hydroxylation is 1. The van der Waals surface area contributed by atoms with Crippen molar-refractivity contribution in [3.8, 4) is 0 Å². The number of halogens is 1. The van der Waals surface area contributed by atoms with E-state index in [1.54, 1.807) is 11.3 Å². The predicted octanol–water partition coefficient (Wildman–Crippen LogP) is 4.71. The zero-order chi connectivity index (χ0) is 18.5. The second-order valence-electron chi connectivity index (χ2n) is 8.17. The molecule has 4 nitrogen and oxygen atoms in total. The van der Waals surface area contributed by atoms with Gasteiger partial charge in [-0.05, 0) is 53.9 Å². The zero-order valence-corrected chi connectivity index (χ0v) is 16.8. The van der Waals surface area contributed by atoms with Crippen LogP contribution in [-0.2, 0) is 19.4 Å². The fraction of sp³-hybridized carbons (Fsp3) is 0.450. The topological polar surface area (TPSA) is 47.8 Å². The maximum atomic E-state index is 13.1. The van der Waals surface area contributed by atoms with Crippen molar-refractivity contribution in [1.29, 1.82) is 0 Å². The highest BCUT2D eigenvalue weighted by molar-refractivity contribution is 7.18. The molecule has 2 aromatic heterocycles. The molecule has 0 amide bonds. The quantitative estimate of drug-likeness (QED) is 0.640. The summed E-state index contributed by atoms with van der Waals surface area (Å²) >= 11 is 7.70. The maximum absolute atomic E-state index is 13.1. The Balaban J connectivity index is 1.74. The van der Waals surface area contributed by atoms with Gasteiger partial charge in [-0.3, -0.25) is 4.79 Å². The van der Waals surface area contributed by atoms with Crippen LogP contribution in [0.15, 0.2) is 29.1 Å². The second-order valence-corrected chi connectivity index (χ2v) is 9.69. The van der Waals surface area contributed by atoms with Crippen LogP contribution in [0.5, 0.6) is 0 Å². The monoisotopic (exact) mass is 387 g/mol. The SMILES string of the molecule is CC(C)(C)C1CCc2c(sc3nnn(Cc4cccc(Cl)c4)c(=O)c23)C1. The lowest BCUT2D eigenvalue weighted by atomic mass is 9.72. The van der Waals surface area contributed by atoms with Gasteiger partial charge in [0.05, 0.1) is 11.9 Å². The Morgan fingerprint density at radius 1 is 1.35 bits per heavy atom. The molecule has 1 atom stereocenters. The van der Waals surface area contributed by atoms with Gasteiger partial charge in [-0.25, -0.2) is 4.68 Å². The van der Waals surface area contributed by atoms with Gasteiger partial charge in [0.25, 0.3) is 5.56 Å². The van der Waals surface area contributed by atoms with Gasteiger partial charge in [0.1, 0.15) is 0 Å². The van der Waals surface area contributed by atoms with Gasteiger partial charge in [0, 0.05) is 9.90 Å². The fourth-order valence-corrected chi connectivity index (χ4v) is 5.23. The van der Waals surface area contributed by atoms with Crippen LogP contribution in [0.4, 0.5) is 0 Å². The molecule has 26 heavy (non-hydrogen) atoms. The standard InChI is InChI=1S/C20H22ClN3OS/c1-20(2,3)13-7-8-15-16(10-13)26-18-17(15)19(25)24(23-22-18)11-12-5-4-6-14(21)9-12/h4-6,9,13H,7-8,10-11H2,1-3H3. The molecule has 0 saturated heterocycles. The summed E-state index contributed by atoms with van der Waals surface area (Å²) in [5, 5.41) is 9.95. The highest BCUT2D eigenvalue weighted by Gasteiger charge is 2.31. The first kappa shape index (κ1) is 17.7. The molecular formula is C20H22ClN3OS. The molecule has 136 valence electrons. The summed E-state index contributed by atoms with van der Waals surface area (Å²) in [6.07, 6.45) is 3.11. The first-order valence-electron chi connectivity index (χ1n) is 8.95. The Kier molecular flexibility index (Phi) is 4.40. The number of benzene rings is 1. The number of nitrogens with zero attached hydrogens (tertiary/aromatic N) is 3. The molecule has 1 unspecified atom stereocenters. The molecule has 2 heterocycles. The summed E-state index contributed by atoms with van der Waals surface area (Å²) in [5.74, 6) is 0.643. The number of hydrogen-bond acceptors (Lipinski definition) is 4. The molecule has 3 aromatic rings. The van der Waals surface area contributed by atoms with Crippen LogP contribution in [-0.4, -0.2) is 15.0 Å². The van der Waals surface area contributed by atoms with Crippen molar-refractivity contribution in [2.24, 2.45) is 11.3 Å². The minimum absolute atomic E-state index is 0.0401. The Hall–Kier alpha value is -1.72. The van der Waals surface area contributed by atoms with Crippen molar-refractivity contribution < 1.29 is 0 Å². The minimum Gasteiger partial charge on any atom is -0.267 e. The minimum atomic E-state index is -0.0401. The van der Waals surface area contributed by atoms with Crippen molar-refractivity contribution in [2.75, 3.05) is 0 Å². The van der Waals surface area contributed by atoms with Gasteiger partial charge in [0.2, 0.25) is 0 Å². The number of rotatable bonds is 2. The van der Waals surface area contributed by atoms with E-state index in [1.165, 1.54) is 15.1 Å². The number of fused-ring (bicyclic) bond motifs is 3. The average Bonchev–Trinajstić information content (AvgIpc) is 2.95. The lowest BCUT2D eigenvalue weighted by Crippen LogP contribution is -2.28. The molecule has 0 fully saturated rings. The summed E-state index contributed by atoms with van der Waals surface area (Å²) in [6, 6.07) is 7.51. The van der Waals surface area contributed by atoms with Gasteiger partial charge in [0.15, 0.2) is 4.83 Å². The second kappa shape index (κ2) is 6.46. The maximum Gasteiger partial charge on any atom is 0.279 e. The molecule has 6 heteroatoms. The molecule has 0 radical (unpaired) electrons. The summed E-state index contributed by atoms with van der Waals surface area (Å²) in [5.41, 5.74) is 2.39. The largest absolute Gasteiger partial charge is 0.279 e. The summed E-state index contributed by atoms with van der Waals surface area (Å²) in [7, 11) is 0. The number of hydrogen-bond donors (Lipinski definition) is 0. The normalized spacial score (nSPS) is 17.5. The van der Waals surface area contributed by atoms with E-state index in [-0.39, 0.29) is 11.0 Å². The average molecular weight is 388 g/mol. The molecule has 0 saturated carbocycles. The highest BCUT2D eigenvalue weighted by atomic mass is 35.5. The van der Waals surface area contributed by atoms with E-state index in [9.17, 15) is 4.79 Å². The molecule has 0 bridgehead atoms. The Morgan fingerprint density at radius 2 is 2.15 bits per heavy atom. The van der Waals surface area contributed by atoms with Crippen molar-refractivity contribution in [1.82, 2.24) is 15.0 Å². The lowest BCUT2D eigenvalue weighted by molar-refractivity contribution is 0.218. The van der Waals surface area contributed by atoms with Gasteiger partial charge in [-0.15, -0.1) is 16.4 Å². The zero-order valence-electron chi connectivity index (χ0n) is 15.3. The third-order valence-corrected chi connectivity index (χ3v) is 6.76. The molecule has 0 spiro atoms.